The van der Waals surface area contributed by atoms with Crippen LogP contribution < -0.4 is 5.32 Å². The molecule has 1 amide bonds. The van der Waals surface area contributed by atoms with Crippen LogP contribution in [0.4, 0.5) is 0 Å². The fourth-order valence-corrected chi connectivity index (χ4v) is 1.68. The van der Waals surface area contributed by atoms with Crippen LogP contribution in [0, 0.1) is 6.92 Å². The second-order valence-electron chi connectivity index (χ2n) is 4.01. The molecule has 0 aliphatic heterocycles. The number of nitrogens with one attached hydrogen (secondary N) is 1. The van der Waals surface area contributed by atoms with E-state index in [1.165, 1.54) is 5.56 Å². The van der Waals surface area contributed by atoms with E-state index in [9.17, 15) is 4.79 Å². The van der Waals surface area contributed by atoms with E-state index in [2.05, 4.69) is 10.3 Å². The van der Waals surface area contributed by atoms with Crippen molar-refractivity contribution in [2.24, 2.45) is 0 Å². The molecule has 2 rings (SSSR count). The van der Waals surface area contributed by atoms with E-state index in [0.717, 1.165) is 5.56 Å². The number of aromatic nitrogens is 1. The minimum absolute atomic E-state index is 0.224. The van der Waals surface area contributed by atoms with Gasteiger partial charge in [-0.25, -0.2) is 4.98 Å². The summed E-state index contributed by atoms with van der Waals surface area (Å²) in [5.74, 6) is -0.224. The van der Waals surface area contributed by atoms with Crippen LogP contribution >= 0.6 is 11.6 Å². The van der Waals surface area contributed by atoms with Gasteiger partial charge in [-0.15, -0.1) is 0 Å². The molecule has 0 fully saturated rings. The SMILES string of the molecule is Cc1ccc(CNC(=O)c2cccc(Cl)n2)cc1. The summed E-state index contributed by atoms with van der Waals surface area (Å²) in [5, 5.41) is 3.12. The van der Waals surface area contributed by atoms with E-state index in [0.29, 0.717) is 17.4 Å². The fourth-order valence-electron chi connectivity index (χ4n) is 1.51. The van der Waals surface area contributed by atoms with Gasteiger partial charge in [-0.05, 0) is 24.6 Å². The number of amides is 1. The maximum Gasteiger partial charge on any atom is 0.270 e. The number of halogens is 1. The second kappa shape index (κ2) is 5.65. The minimum Gasteiger partial charge on any atom is -0.347 e. The lowest BCUT2D eigenvalue weighted by atomic mass is 10.1. The van der Waals surface area contributed by atoms with Crippen molar-refractivity contribution in [3.63, 3.8) is 0 Å². The van der Waals surface area contributed by atoms with Crippen LogP contribution in [0.5, 0.6) is 0 Å². The van der Waals surface area contributed by atoms with E-state index in [-0.39, 0.29) is 5.91 Å². The van der Waals surface area contributed by atoms with Crippen molar-refractivity contribution in [3.8, 4) is 0 Å². The molecule has 3 nitrogen and oxygen atoms in total. The number of pyridine rings is 1. The first-order valence-corrected chi connectivity index (χ1v) is 5.99. The third-order valence-electron chi connectivity index (χ3n) is 2.52. The summed E-state index contributed by atoms with van der Waals surface area (Å²) in [6.45, 7) is 2.51. The standard InChI is InChI=1S/C14H13ClN2O/c1-10-5-7-11(8-6-10)9-16-14(18)12-3-2-4-13(15)17-12/h2-8H,9H2,1H3,(H,16,18). The zero-order valence-corrected chi connectivity index (χ0v) is 10.7. The first kappa shape index (κ1) is 12.6. The summed E-state index contributed by atoms with van der Waals surface area (Å²) >= 11 is 5.73. The average Bonchev–Trinajstić information content (AvgIpc) is 2.38. The topological polar surface area (TPSA) is 42.0 Å². The molecule has 1 N–H and O–H groups in total. The zero-order valence-electron chi connectivity index (χ0n) is 9.98. The highest BCUT2D eigenvalue weighted by Gasteiger charge is 2.06. The molecule has 0 saturated heterocycles. The third kappa shape index (κ3) is 3.31. The number of hydrogen-bond donors (Lipinski definition) is 1. The molecule has 1 aromatic carbocycles. The Bertz CT molecular complexity index is 552. The van der Waals surface area contributed by atoms with Gasteiger partial charge in [0.25, 0.3) is 5.91 Å². The van der Waals surface area contributed by atoms with E-state index in [1.54, 1.807) is 18.2 Å². The average molecular weight is 261 g/mol. The lowest BCUT2D eigenvalue weighted by Gasteiger charge is -2.05. The van der Waals surface area contributed by atoms with Crippen LogP contribution in [0.25, 0.3) is 0 Å². The summed E-state index contributed by atoms with van der Waals surface area (Å²) in [7, 11) is 0. The Labute approximate surface area is 111 Å². The predicted molar refractivity (Wildman–Crippen MR) is 71.6 cm³/mol. The van der Waals surface area contributed by atoms with Crippen LogP contribution in [-0.2, 0) is 6.54 Å². The molecule has 0 spiro atoms. The van der Waals surface area contributed by atoms with E-state index in [1.807, 2.05) is 31.2 Å². The Kier molecular flexibility index (Phi) is 3.95. The number of aryl methyl sites for hydroxylation is 1. The highest BCUT2D eigenvalue weighted by atomic mass is 35.5. The molecule has 1 aromatic heterocycles. The highest BCUT2D eigenvalue weighted by molar-refractivity contribution is 6.29. The van der Waals surface area contributed by atoms with Crippen LogP contribution in [0.15, 0.2) is 42.5 Å². The van der Waals surface area contributed by atoms with Gasteiger partial charge in [0.2, 0.25) is 0 Å². The summed E-state index contributed by atoms with van der Waals surface area (Å²) in [5.41, 5.74) is 2.58. The molecule has 0 atom stereocenters. The molecule has 0 aliphatic carbocycles. The Morgan fingerprint density at radius 2 is 1.94 bits per heavy atom. The Morgan fingerprint density at radius 3 is 2.61 bits per heavy atom. The lowest BCUT2D eigenvalue weighted by molar-refractivity contribution is 0.0946. The van der Waals surface area contributed by atoms with E-state index in [4.69, 9.17) is 11.6 Å². The minimum atomic E-state index is -0.224. The van der Waals surface area contributed by atoms with Crippen LogP contribution in [0.1, 0.15) is 21.6 Å². The van der Waals surface area contributed by atoms with Crippen molar-refractivity contribution in [2.45, 2.75) is 13.5 Å². The highest BCUT2D eigenvalue weighted by Crippen LogP contribution is 2.06. The molecule has 1 heterocycles. The molecule has 18 heavy (non-hydrogen) atoms. The van der Waals surface area contributed by atoms with Crippen molar-refractivity contribution in [1.29, 1.82) is 0 Å². The van der Waals surface area contributed by atoms with E-state index >= 15 is 0 Å². The largest absolute Gasteiger partial charge is 0.347 e. The number of rotatable bonds is 3. The van der Waals surface area contributed by atoms with Crippen molar-refractivity contribution in [1.82, 2.24) is 10.3 Å². The smallest absolute Gasteiger partial charge is 0.270 e. The number of carbonyl (C=O) groups is 1. The lowest BCUT2D eigenvalue weighted by Crippen LogP contribution is -2.23. The Balaban J connectivity index is 1.98. The molecular formula is C14H13ClN2O. The maximum atomic E-state index is 11.8. The summed E-state index contributed by atoms with van der Waals surface area (Å²) in [6, 6.07) is 13.0. The van der Waals surface area contributed by atoms with Gasteiger partial charge in [0.15, 0.2) is 0 Å². The van der Waals surface area contributed by atoms with Crippen LogP contribution in [0.3, 0.4) is 0 Å². The monoisotopic (exact) mass is 260 g/mol. The normalized spacial score (nSPS) is 10.1. The molecular weight excluding hydrogens is 248 g/mol. The zero-order chi connectivity index (χ0) is 13.0. The quantitative estimate of drug-likeness (QED) is 0.862. The fraction of sp³-hybridized carbons (Fsp3) is 0.143. The van der Waals surface area contributed by atoms with E-state index < -0.39 is 0 Å². The molecule has 0 unspecified atom stereocenters. The number of benzene rings is 1. The van der Waals surface area contributed by atoms with Crippen molar-refractivity contribution in [3.05, 3.63) is 64.4 Å². The predicted octanol–water partition coefficient (Wildman–Crippen LogP) is 2.97. The van der Waals surface area contributed by atoms with Crippen molar-refractivity contribution in [2.75, 3.05) is 0 Å². The van der Waals surface area contributed by atoms with Gasteiger partial charge in [0.05, 0.1) is 0 Å². The molecule has 0 radical (unpaired) electrons. The third-order valence-corrected chi connectivity index (χ3v) is 2.73. The van der Waals surface area contributed by atoms with Crippen LogP contribution in [0.2, 0.25) is 5.15 Å². The van der Waals surface area contributed by atoms with Gasteiger partial charge in [-0.2, -0.15) is 0 Å². The summed E-state index contributed by atoms with van der Waals surface area (Å²) in [6.07, 6.45) is 0. The molecule has 0 bridgehead atoms. The maximum absolute atomic E-state index is 11.8. The first-order valence-electron chi connectivity index (χ1n) is 5.61. The van der Waals surface area contributed by atoms with Gasteiger partial charge in [0.1, 0.15) is 10.8 Å². The van der Waals surface area contributed by atoms with Crippen LogP contribution in [-0.4, -0.2) is 10.9 Å². The number of hydrogen-bond acceptors (Lipinski definition) is 2. The van der Waals surface area contributed by atoms with Gasteiger partial charge in [-0.1, -0.05) is 47.5 Å². The van der Waals surface area contributed by atoms with Gasteiger partial charge in [-0.3, -0.25) is 4.79 Å². The van der Waals surface area contributed by atoms with Gasteiger partial charge < -0.3 is 5.32 Å². The molecule has 92 valence electrons. The van der Waals surface area contributed by atoms with Crippen molar-refractivity contribution >= 4 is 17.5 Å². The molecule has 0 aliphatic rings. The first-order chi connectivity index (χ1) is 8.65. The van der Waals surface area contributed by atoms with Crippen molar-refractivity contribution < 1.29 is 4.79 Å². The number of nitrogens with zero attached hydrogens (tertiary/aromatic N) is 1. The molecule has 2 aromatic rings. The second-order valence-corrected chi connectivity index (χ2v) is 4.40. The summed E-state index contributed by atoms with van der Waals surface area (Å²) in [4.78, 5) is 15.8. The Hall–Kier alpha value is -1.87. The van der Waals surface area contributed by atoms with Gasteiger partial charge >= 0.3 is 0 Å². The van der Waals surface area contributed by atoms with Gasteiger partial charge in [0, 0.05) is 6.54 Å². The number of carbonyl (C=O) groups excluding carboxylic acids is 1. The molecule has 4 heteroatoms. The molecule has 0 saturated carbocycles. The summed E-state index contributed by atoms with van der Waals surface area (Å²) < 4.78 is 0. The Morgan fingerprint density at radius 1 is 1.22 bits per heavy atom.